The molecule has 0 bridgehead atoms. The van der Waals surface area contributed by atoms with Crippen molar-refractivity contribution >= 4 is 6.03 Å². The summed E-state index contributed by atoms with van der Waals surface area (Å²) in [6.07, 6.45) is 6.01. The zero-order valence-electron chi connectivity index (χ0n) is 10.4. The van der Waals surface area contributed by atoms with Gasteiger partial charge in [-0.05, 0) is 38.6 Å². The van der Waals surface area contributed by atoms with Crippen molar-refractivity contribution in [1.82, 2.24) is 10.2 Å². The normalized spacial score (nSPS) is 26.4. The minimum atomic E-state index is -0.289. The standard InChI is InChI=1S/C12H23N3O2/c13-12(16)15-7-4-10(5-8-15)14-6-3-11-2-1-9-17-11/h10-11,14H,1-9H2,(H2,13,16)/t11-/m0/s1. The van der Waals surface area contributed by atoms with E-state index >= 15 is 0 Å². The zero-order chi connectivity index (χ0) is 12.1. The second-order valence-corrected chi connectivity index (χ2v) is 4.98. The molecular formula is C12H23N3O2. The number of nitrogens with two attached hydrogens (primary N) is 1. The predicted octanol–water partition coefficient (Wildman–Crippen LogP) is 0.688. The van der Waals surface area contributed by atoms with E-state index in [9.17, 15) is 4.79 Å². The molecule has 2 aliphatic heterocycles. The molecule has 2 amide bonds. The lowest BCUT2D eigenvalue weighted by atomic mass is 10.0. The number of amides is 2. The summed E-state index contributed by atoms with van der Waals surface area (Å²) in [5, 5.41) is 3.55. The van der Waals surface area contributed by atoms with E-state index < -0.39 is 0 Å². The Balaban J connectivity index is 1.56. The number of piperidine rings is 1. The van der Waals surface area contributed by atoms with Crippen LogP contribution < -0.4 is 11.1 Å². The van der Waals surface area contributed by atoms with Crippen LogP contribution in [0.15, 0.2) is 0 Å². The fourth-order valence-corrected chi connectivity index (χ4v) is 2.62. The average molecular weight is 241 g/mol. The monoisotopic (exact) mass is 241 g/mol. The molecule has 2 fully saturated rings. The van der Waals surface area contributed by atoms with Crippen LogP contribution in [0.2, 0.25) is 0 Å². The number of rotatable bonds is 4. The number of primary amides is 1. The number of carbonyl (C=O) groups is 1. The lowest BCUT2D eigenvalue weighted by molar-refractivity contribution is 0.102. The molecule has 3 N–H and O–H groups in total. The molecule has 1 atom stereocenters. The number of nitrogens with one attached hydrogen (secondary N) is 1. The van der Waals surface area contributed by atoms with Crippen molar-refractivity contribution in [2.45, 2.75) is 44.2 Å². The highest BCUT2D eigenvalue weighted by molar-refractivity contribution is 5.72. The molecule has 98 valence electrons. The van der Waals surface area contributed by atoms with Crippen molar-refractivity contribution < 1.29 is 9.53 Å². The van der Waals surface area contributed by atoms with E-state index in [2.05, 4.69) is 5.32 Å². The van der Waals surface area contributed by atoms with Gasteiger partial charge in [-0.15, -0.1) is 0 Å². The Morgan fingerprint density at radius 2 is 2.12 bits per heavy atom. The number of likely N-dealkylation sites (tertiary alicyclic amines) is 1. The molecule has 0 unspecified atom stereocenters. The van der Waals surface area contributed by atoms with Crippen molar-refractivity contribution in [2.24, 2.45) is 5.73 Å². The summed E-state index contributed by atoms with van der Waals surface area (Å²) in [6, 6.07) is 0.245. The molecule has 5 nitrogen and oxygen atoms in total. The Bertz CT molecular complexity index is 246. The van der Waals surface area contributed by atoms with E-state index in [4.69, 9.17) is 10.5 Å². The van der Waals surface area contributed by atoms with E-state index in [1.54, 1.807) is 4.90 Å². The first kappa shape index (κ1) is 12.6. The topological polar surface area (TPSA) is 67.6 Å². The van der Waals surface area contributed by atoms with Crippen LogP contribution in [0.1, 0.15) is 32.1 Å². The number of carbonyl (C=O) groups excluding carboxylic acids is 1. The molecule has 0 spiro atoms. The maximum Gasteiger partial charge on any atom is 0.314 e. The van der Waals surface area contributed by atoms with Gasteiger partial charge < -0.3 is 20.7 Å². The third-order valence-electron chi connectivity index (χ3n) is 3.73. The molecule has 0 aromatic heterocycles. The van der Waals surface area contributed by atoms with E-state index in [0.717, 1.165) is 45.5 Å². The number of hydrogen-bond acceptors (Lipinski definition) is 3. The zero-order valence-corrected chi connectivity index (χ0v) is 10.4. The second-order valence-electron chi connectivity index (χ2n) is 4.98. The quantitative estimate of drug-likeness (QED) is 0.761. The first-order chi connectivity index (χ1) is 8.25. The van der Waals surface area contributed by atoms with Crippen molar-refractivity contribution in [3.8, 4) is 0 Å². The minimum absolute atomic E-state index is 0.289. The third-order valence-corrected chi connectivity index (χ3v) is 3.73. The molecule has 2 aliphatic rings. The van der Waals surface area contributed by atoms with Crippen molar-refractivity contribution in [3.63, 3.8) is 0 Å². The van der Waals surface area contributed by atoms with Crippen LogP contribution >= 0.6 is 0 Å². The van der Waals surface area contributed by atoms with Crippen LogP contribution in [-0.4, -0.2) is 49.3 Å². The Kier molecular flexibility index (Phi) is 4.62. The van der Waals surface area contributed by atoms with Gasteiger partial charge in [0.1, 0.15) is 0 Å². The van der Waals surface area contributed by atoms with E-state index in [-0.39, 0.29) is 6.03 Å². The first-order valence-corrected chi connectivity index (χ1v) is 6.65. The molecular weight excluding hydrogens is 218 g/mol. The predicted molar refractivity (Wildman–Crippen MR) is 65.8 cm³/mol. The summed E-state index contributed by atoms with van der Waals surface area (Å²) in [5.74, 6) is 0. The van der Waals surface area contributed by atoms with Gasteiger partial charge in [-0.1, -0.05) is 0 Å². The van der Waals surface area contributed by atoms with Gasteiger partial charge in [0.15, 0.2) is 0 Å². The molecule has 0 saturated carbocycles. The Morgan fingerprint density at radius 3 is 2.71 bits per heavy atom. The largest absolute Gasteiger partial charge is 0.378 e. The van der Waals surface area contributed by atoms with Gasteiger partial charge in [-0.2, -0.15) is 0 Å². The van der Waals surface area contributed by atoms with Crippen molar-refractivity contribution in [1.29, 1.82) is 0 Å². The number of nitrogens with zero attached hydrogens (tertiary/aromatic N) is 1. The average Bonchev–Trinajstić information content (AvgIpc) is 2.83. The van der Waals surface area contributed by atoms with Crippen LogP contribution in [0.25, 0.3) is 0 Å². The van der Waals surface area contributed by atoms with Crippen LogP contribution in [-0.2, 0) is 4.74 Å². The van der Waals surface area contributed by atoms with Gasteiger partial charge in [0.05, 0.1) is 6.10 Å². The fraction of sp³-hybridized carbons (Fsp3) is 0.917. The molecule has 0 aliphatic carbocycles. The highest BCUT2D eigenvalue weighted by atomic mass is 16.5. The maximum absolute atomic E-state index is 11.0. The molecule has 2 heterocycles. The molecule has 0 radical (unpaired) electrons. The number of hydrogen-bond donors (Lipinski definition) is 2. The summed E-state index contributed by atoms with van der Waals surface area (Å²) >= 11 is 0. The van der Waals surface area contributed by atoms with Crippen LogP contribution in [0.3, 0.4) is 0 Å². The number of urea groups is 1. The Hall–Kier alpha value is -0.810. The van der Waals surface area contributed by atoms with Crippen molar-refractivity contribution in [2.75, 3.05) is 26.2 Å². The van der Waals surface area contributed by atoms with Gasteiger partial charge in [0.25, 0.3) is 0 Å². The lowest BCUT2D eigenvalue weighted by Gasteiger charge is -2.31. The molecule has 5 heteroatoms. The molecule has 2 rings (SSSR count). The summed E-state index contributed by atoms with van der Waals surface area (Å²) in [5.41, 5.74) is 5.25. The van der Waals surface area contributed by atoms with Crippen LogP contribution in [0.4, 0.5) is 4.79 Å². The summed E-state index contributed by atoms with van der Waals surface area (Å²) in [6.45, 7) is 3.52. The molecule has 17 heavy (non-hydrogen) atoms. The van der Waals surface area contributed by atoms with E-state index in [1.165, 1.54) is 12.8 Å². The van der Waals surface area contributed by atoms with E-state index in [1.807, 2.05) is 0 Å². The number of ether oxygens (including phenoxy) is 1. The second kappa shape index (κ2) is 6.21. The summed E-state index contributed by atoms with van der Waals surface area (Å²) in [4.78, 5) is 12.7. The first-order valence-electron chi connectivity index (χ1n) is 6.65. The van der Waals surface area contributed by atoms with Gasteiger partial charge in [-0.25, -0.2) is 4.79 Å². The molecule has 0 aromatic carbocycles. The van der Waals surface area contributed by atoms with E-state index in [0.29, 0.717) is 12.1 Å². The lowest BCUT2D eigenvalue weighted by Crippen LogP contribution is -2.47. The highest BCUT2D eigenvalue weighted by Crippen LogP contribution is 2.15. The SMILES string of the molecule is NC(=O)N1CCC(NCC[C@@H]2CCCO2)CC1. The fourth-order valence-electron chi connectivity index (χ4n) is 2.62. The highest BCUT2D eigenvalue weighted by Gasteiger charge is 2.21. The van der Waals surface area contributed by atoms with Gasteiger partial charge in [-0.3, -0.25) is 0 Å². The van der Waals surface area contributed by atoms with Crippen molar-refractivity contribution in [3.05, 3.63) is 0 Å². The Labute approximate surface area is 103 Å². The molecule has 0 aromatic rings. The van der Waals surface area contributed by atoms with Crippen LogP contribution in [0.5, 0.6) is 0 Å². The summed E-state index contributed by atoms with van der Waals surface area (Å²) < 4.78 is 5.58. The van der Waals surface area contributed by atoms with Gasteiger partial charge in [0, 0.05) is 25.7 Å². The smallest absolute Gasteiger partial charge is 0.314 e. The van der Waals surface area contributed by atoms with Gasteiger partial charge >= 0.3 is 6.03 Å². The van der Waals surface area contributed by atoms with Gasteiger partial charge in [0.2, 0.25) is 0 Å². The maximum atomic E-state index is 11.0. The molecule has 2 saturated heterocycles. The minimum Gasteiger partial charge on any atom is -0.378 e. The Morgan fingerprint density at radius 1 is 1.35 bits per heavy atom. The van der Waals surface area contributed by atoms with Crippen LogP contribution in [0, 0.1) is 0 Å². The summed E-state index contributed by atoms with van der Waals surface area (Å²) in [7, 11) is 0. The third kappa shape index (κ3) is 3.85.